The summed E-state index contributed by atoms with van der Waals surface area (Å²) in [5.74, 6) is -0.316. The molecule has 22 heavy (non-hydrogen) atoms. The van der Waals surface area contributed by atoms with Gasteiger partial charge in [-0.25, -0.2) is 9.78 Å². The molecule has 0 amide bonds. The molecule has 112 valence electrons. The lowest BCUT2D eigenvalue weighted by molar-refractivity contribution is 0.0601. The summed E-state index contributed by atoms with van der Waals surface area (Å²) in [6.07, 6.45) is 1.85. The second kappa shape index (κ2) is 6.15. The Bertz CT molecular complexity index is 796. The van der Waals surface area contributed by atoms with E-state index in [1.807, 2.05) is 31.4 Å². The highest BCUT2D eigenvalue weighted by Gasteiger charge is 2.09. The third-order valence-electron chi connectivity index (χ3n) is 3.59. The first-order chi connectivity index (χ1) is 10.7. The van der Waals surface area contributed by atoms with Crippen LogP contribution in [-0.2, 0) is 11.3 Å². The molecule has 1 aromatic carbocycles. The standard InChI is InChI=1S/C17H16N2O2S/c1-19(14-5-3-12(4-6-14)17(20)21-2)11-13-7-9-18-16-15(13)8-10-22-16/h3-10H,11H2,1-2H3. The number of carbonyl (C=O) groups is 1. The Morgan fingerprint density at radius 3 is 2.73 bits per heavy atom. The summed E-state index contributed by atoms with van der Waals surface area (Å²) in [7, 11) is 3.42. The first kappa shape index (κ1) is 14.5. The van der Waals surface area contributed by atoms with Crippen LogP contribution < -0.4 is 4.90 Å². The maximum atomic E-state index is 11.5. The van der Waals surface area contributed by atoms with Gasteiger partial charge in [-0.05, 0) is 47.3 Å². The minimum atomic E-state index is -0.316. The van der Waals surface area contributed by atoms with Gasteiger partial charge in [0.1, 0.15) is 4.83 Å². The van der Waals surface area contributed by atoms with E-state index in [0.29, 0.717) is 5.56 Å². The molecule has 0 saturated heterocycles. The molecular formula is C17H16N2O2S. The number of hydrogen-bond donors (Lipinski definition) is 0. The number of rotatable bonds is 4. The van der Waals surface area contributed by atoms with Crippen molar-refractivity contribution in [1.82, 2.24) is 4.98 Å². The van der Waals surface area contributed by atoms with Crippen molar-refractivity contribution in [3.63, 3.8) is 0 Å². The first-order valence-corrected chi connectivity index (χ1v) is 7.77. The molecule has 3 rings (SSSR count). The molecule has 0 aliphatic carbocycles. The van der Waals surface area contributed by atoms with E-state index in [4.69, 9.17) is 4.74 Å². The van der Waals surface area contributed by atoms with Gasteiger partial charge in [-0.3, -0.25) is 0 Å². The molecule has 0 saturated carbocycles. The van der Waals surface area contributed by atoms with E-state index in [2.05, 4.69) is 21.3 Å². The Labute approximate surface area is 133 Å². The molecule has 4 nitrogen and oxygen atoms in total. The minimum Gasteiger partial charge on any atom is -0.465 e. The number of pyridine rings is 1. The second-order valence-corrected chi connectivity index (χ2v) is 5.90. The molecule has 0 unspecified atom stereocenters. The van der Waals surface area contributed by atoms with Crippen molar-refractivity contribution >= 4 is 33.2 Å². The lowest BCUT2D eigenvalue weighted by Gasteiger charge is -2.20. The van der Waals surface area contributed by atoms with Gasteiger partial charge in [-0.15, -0.1) is 11.3 Å². The number of carbonyl (C=O) groups excluding carboxylic acids is 1. The summed E-state index contributed by atoms with van der Waals surface area (Å²) in [5, 5.41) is 3.26. The van der Waals surface area contributed by atoms with E-state index in [1.54, 1.807) is 23.5 Å². The zero-order chi connectivity index (χ0) is 15.5. The molecule has 0 spiro atoms. The number of esters is 1. The average Bonchev–Trinajstić information content (AvgIpc) is 3.04. The number of anilines is 1. The van der Waals surface area contributed by atoms with Gasteiger partial charge in [0.2, 0.25) is 0 Å². The van der Waals surface area contributed by atoms with Crippen LogP contribution in [-0.4, -0.2) is 25.1 Å². The molecule has 0 aliphatic heterocycles. The SMILES string of the molecule is COC(=O)c1ccc(N(C)Cc2ccnc3sccc23)cc1. The van der Waals surface area contributed by atoms with Gasteiger partial charge in [0.15, 0.2) is 0 Å². The topological polar surface area (TPSA) is 42.4 Å². The van der Waals surface area contributed by atoms with E-state index >= 15 is 0 Å². The highest BCUT2D eigenvalue weighted by Crippen LogP contribution is 2.24. The van der Waals surface area contributed by atoms with Crippen LogP contribution in [0.15, 0.2) is 48.0 Å². The summed E-state index contributed by atoms with van der Waals surface area (Å²) in [4.78, 5) is 19.0. The van der Waals surface area contributed by atoms with Crippen LogP contribution in [0.4, 0.5) is 5.69 Å². The summed E-state index contributed by atoms with van der Waals surface area (Å²) in [6.45, 7) is 0.785. The minimum absolute atomic E-state index is 0.316. The Balaban J connectivity index is 1.81. The quantitative estimate of drug-likeness (QED) is 0.689. The number of fused-ring (bicyclic) bond motifs is 1. The second-order valence-electron chi connectivity index (χ2n) is 5.00. The number of thiophene rings is 1. The predicted octanol–water partition coefficient (Wildman–Crippen LogP) is 3.72. The normalized spacial score (nSPS) is 10.6. The molecule has 0 aliphatic rings. The fourth-order valence-electron chi connectivity index (χ4n) is 2.38. The van der Waals surface area contributed by atoms with Crippen molar-refractivity contribution in [3.05, 3.63) is 59.1 Å². The van der Waals surface area contributed by atoms with E-state index in [-0.39, 0.29) is 5.97 Å². The van der Waals surface area contributed by atoms with Gasteiger partial charge in [0, 0.05) is 30.9 Å². The van der Waals surface area contributed by atoms with Crippen LogP contribution in [0.5, 0.6) is 0 Å². The van der Waals surface area contributed by atoms with Gasteiger partial charge in [-0.1, -0.05) is 0 Å². The van der Waals surface area contributed by atoms with E-state index in [0.717, 1.165) is 17.1 Å². The molecule has 2 heterocycles. The van der Waals surface area contributed by atoms with Crippen molar-refractivity contribution in [2.45, 2.75) is 6.54 Å². The van der Waals surface area contributed by atoms with E-state index < -0.39 is 0 Å². The first-order valence-electron chi connectivity index (χ1n) is 6.89. The molecule has 2 aromatic heterocycles. The molecule has 0 N–H and O–H groups in total. The Hall–Kier alpha value is -2.40. The number of hydrogen-bond acceptors (Lipinski definition) is 5. The predicted molar refractivity (Wildman–Crippen MR) is 89.5 cm³/mol. The largest absolute Gasteiger partial charge is 0.465 e. The summed E-state index contributed by atoms with van der Waals surface area (Å²) in [5.41, 5.74) is 2.85. The van der Waals surface area contributed by atoms with Gasteiger partial charge < -0.3 is 9.64 Å². The summed E-state index contributed by atoms with van der Waals surface area (Å²) >= 11 is 1.65. The van der Waals surface area contributed by atoms with Crippen LogP contribution in [0.25, 0.3) is 10.2 Å². The highest BCUT2D eigenvalue weighted by molar-refractivity contribution is 7.16. The van der Waals surface area contributed by atoms with Crippen molar-refractivity contribution in [3.8, 4) is 0 Å². The molecule has 0 atom stereocenters. The lowest BCUT2D eigenvalue weighted by Crippen LogP contribution is -2.16. The summed E-state index contributed by atoms with van der Waals surface area (Å²) < 4.78 is 4.71. The third-order valence-corrected chi connectivity index (χ3v) is 4.42. The zero-order valence-corrected chi connectivity index (χ0v) is 13.3. The Morgan fingerprint density at radius 2 is 2.00 bits per heavy atom. The number of benzene rings is 1. The molecular weight excluding hydrogens is 296 g/mol. The van der Waals surface area contributed by atoms with E-state index in [9.17, 15) is 4.79 Å². The van der Waals surface area contributed by atoms with Crippen LogP contribution in [0.1, 0.15) is 15.9 Å². The van der Waals surface area contributed by atoms with Gasteiger partial charge in [0.25, 0.3) is 0 Å². The maximum Gasteiger partial charge on any atom is 0.337 e. The third kappa shape index (κ3) is 2.80. The number of aromatic nitrogens is 1. The average molecular weight is 312 g/mol. The van der Waals surface area contributed by atoms with Gasteiger partial charge in [-0.2, -0.15) is 0 Å². The monoisotopic (exact) mass is 312 g/mol. The molecule has 0 radical (unpaired) electrons. The fourth-order valence-corrected chi connectivity index (χ4v) is 3.17. The van der Waals surface area contributed by atoms with Crippen molar-refractivity contribution < 1.29 is 9.53 Å². The van der Waals surface area contributed by atoms with Crippen molar-refractivity contribution in [2.75, 3.05) is 19.1 Å². The zero-order valence-electron chi connectivity index (χ0n) is 12.4. The Morgan fingerprint density at radius 1 is 1.23 bits per heavy atom. The van der Waals surface area contributed by atoms with Crippen molar-refractivity contribution in [1.29, 1.82) is 0 Å². The molecule has 3 aromatic rings. The van der Waals surface area contributed by atoms with Gasteiger partial charge >= 0.3 is 5.97 Å². The van der Waals surface area contributed by atoms with Crippen LogP contribution >= 0.6 is 11.3 Å². The lowest BCUT2D eigenvalue weighted by atomic mass is 10.1. The highest BCUT2D eigenvalue weighted by atomic mass is 32.1. The van der Waals surface area contributed by atoms with Crippen LogP contribution in [0.3, 0.4) is 0 Å². The molecule has 0 fully saturated rings. The smallest absolute Gasteiger partial charge is 0.337 e. The van der Waals surface area contributed by atoms with Crippen LogP contribution in [0, 0.1) is 0 Å². The number of methoxy groups -OCH3 is 1. The van der Waals surface area contributed by atoms with Crippen molar-refractivity contribution in [2.24, 2.45) is 0 Å². The number of ether oxygens (including phenoxy) is 1. The van der Waals surface area contributed by atoms with Gasteiger partial charge in [0.05, 0.1) is 12.7 Å². The Kier molecular flexibility index (Phi) is 4.06. The maximum absolute atomic E-state index is 11.5. The fraction of sp³-hybridized carbons (Fsp3) is 0.176. The molecule has 0 bridgehead atoms. The van der Waals surface area contributed by atoms with Crippen LogP contribution in [0.2, 0.25) is 0 Å². The number of nitrogens with zero attached hydrogens (tertiary/aromatic N) is 2. The molecule has 5 heteroatoms. The van der Waals surface area contributed by atoms with E-state index in [1.165, 1.54) is 18.1 Å². The summed E-state index contributed by atoms with van der Waals surface area (Å²) in [6, 6.07) is 11.6.